The second-order valence-electron chi connectivity index (χ2n) is 4.74. The topological polar surface area (TPSA) is 52.8 Å². The maximum absolute atomic E-state index is 5.55. The maximum Gasteiger partial charge on any atom is 0.104 e. The zero-order valence-corrected chi connectivity index (χ0v) is 10.6. The molecule has 4 atom stereocenters. The number of epoxide rings is 2. The molecule has 17 heavy (non-hydrogen) atoms. The molecule has 2 heterocycles. The standard InChI is InChI=1S/C12H22O5/c1-9(14-5-11-7-16-11)3-13-4-10(2)15-6-12-8-17-12/h9-12H,3-8H2,1-2H3. The van der Waals surface area contributed by atoms with E-state index < -0.39 is 0 Å². The highest BCUT2D eigenvalue weighted by Gasteiger charge is 2.24. The lowest BCUT2D eigenvalue weighted by molar-refractivity contribution is -0.0507. The summed E-state index contributed by atoms with van der Waals surface area (Å²) in [6.07, 6.45) is 0.854. The molecule has 0 aromatic rings. The fraction of sp³-hybridized carbons (Fsp3) is 1.00. The molecule has 2 aliphatic heterocycles. The van der Waals surface area contributed by atoms with E-state index >= 15 is 0 Å². The molecule has 0 bridgehead atoms. The summed E-state index contributed by atoms with van der Waals surface area (Å²) in [6.45, 7) is 8.23. The van der Waals surface area contributed by atoms with Crippen molar-refractivity contribution in [2.24, 2.45) is 0 Å². The molecule has 0 radical (unpaired) electrons. The summed E-state index contributed by atoms with van der Waals surface area (Å²) >= 11 is 0. The van der Waals surface area contributed by atoms with E-state index in [9.17, 15) is 0 Å². The third kappa shape index (κ3) is 6.33. The van der Waals surface area contributed by atoms with Gasteiger partial charge < -0.3 is 23.7 Å². The van der Waals surface area contributed by atoms with Crippen LogP contribution >= 0.6 is 0 Å². The van der Waals surface area contributed by atoms with Crippen molar-refractivity contribution in [3.63, 3.8) is 0 Å². The zero-order chi connectivity index (χ0) is 12.1. The van der Waals surface area contributed by atoms with Crippen molar-refractivity contribution < 1.29 is 23.7 Å². The van der Waals surface area contributed by atoms with Gasteiger partial charge >= 0.3 is 0 Å². The van der Waals surface area contributed by atoms with Crippen LogP contribution in [-0.4, -0.2) is 64.1 Å². The Hall–Kier alpha value is -0.200. The number of hydrogen-bond acceptors (Lipinski definition) is 5. The van der Waals surface area contributed by atoms with Crippen LogP contribution in [0.3, 0.4) is 0 Å². The number of rotatable bonds is 10. The summed E-state index contributed by atoms with van der Waals surface area (Å²) < 4.78 is 26.7. The van der Waals surface area contributed by atoms with Crippen LogP contribution in [0.4, 0.5) is 0 Å². The molecule has 0 saturated carbocycles. The van der Waals surface area contributed by atoms with Crippen molar-refractivity contribution in [2.45, 2.75) is 38.3 Å². The Bertz CT molecular complexity index is 193. The summed E-state index contributed by atoms with van der Waals surface area (Å²) in [5.74, 6) is 0. The lowest BCUT2D eigenvalue weighted by atomic mass is 10.4. The van der Waals surface area contributed by atoms with Gasteiger partial charge in [0.15, 0.2) is 0 Å². The highest BCUT2D eigenvalue weighted by atomic mass is 16.6. The number of hydrogen-bond donors (Lipinski definition) is 0. The lowest BCUT2D eigenvalue weighted by Gasteiger charge is -2.16. The Balaban J connectivity index is 1.40. The average Bonchev–Trinajstić information content (AvgIpc) is 3.16. The Kier molecular flexibility index (Phi) is 5.18. The SMILES string of the molecule is CC(COCC(C)OCC1CO1)OCC1CO1. The van der Waals surface area contributed by atoms with Crippen LogP contribution in [0.5, 0.6) is 0 Å². The molecule has 0 aliphatic carbocycles. The van der Waals surface area contributed by atoms with E-state index in [-0.39, 0.29) is 12.2 Å². The van der Waals surface area contributed by atoms with Crippen LogP contribution in [0.1, 0.15) is 13.8 Å². The minimum Gasteiger partial charge on any atom is -0.376 e. The van der Waals surface area contributed by atoms with Gasteiger partial charge in [0.05, 0.1) is 51.8 Å². The first-order valence-electron chi connectivity index (χ1n) is 6.28. The normalized spacial score (nSPS) is 30.0. The minimum absolute atomic E-state index is 0.109. The van der Waals surface area contributed by atoms with E-state index in [1.807, 2.05) is 13.8 Å². The highest BCUT2D eigenvalue weighted by molar-refractivity contribution is 4.69. The van der Waals surface area contributed by atoms with Gasteiger partial charge in [0, 0.05) is 0 Å². The summed E-state index contributed by atoms with van der Waals surface area (Å²) in [6, 6.07) is 0. The molecule has 4 unspecified atom stereocenters. The summed E-state index contributed by atoms with van der Waals surface area (Å²) in [5.41, 5.74) is 0. The van der Waals surface area contributed by atoms with Gasteiger partial charge in [-0.1, -0.05) is 0 Å². The molecule has 0 aromatic carbocycles. The van der Waals surface area contributed by atoms with E-state index in [4.69, 9.17) is 23.7 Å². The molecule has 5 nitrogen and oxygen atoms in total. The van der Waals surface area contributed by atoms with E-state index in [1.165, 1.54) is 0 Å². The lowest BCUT2D eigenvalue weighted by Crippen LogP contribution is -2.24. The molecule has 0 amide bonds. The fourth-order valence-electron chi connectivity index (χ4n) is 1.37. The van der Waals surface area contributed by atoms with Crippen LogP contribution in [0.25, 0.3) is 0 Å². The van der Waals surface area contributed by atoms with Crippen molar-refractivity contribution in [3.05, 3.63) is 0 Å². The van der Waals surface area contributed by atoms with Gasteiger partial charge in [0.25, 0.3) is 0 Å². The van der Waals surface area contributed by atoms with Gasteiger partial charge in [-0.2, -0.15) is 0 Å². The third-order valence-electron chi connectivity index (χ3n) is 2.64. The minimum atomic E-state index is 0.109. The monoisotopic (exact) mass is 246 g/mol. The van der Waals surface area contributed by atoms with Gasteiger partial charge in [-0.05, 0) is 13.8 Å². The van der Waals surface area contributed by atoms with E-state index in [0.717, 1.165) is 13.2 Å². The molecule has 5 heteroatoms. The van der Waals surface area contributed by atoms with Gasteiger partial charge in [-0.3, -0.25) is 0 Å². The first-order valence-corrected chi connectivity index (χ1v) is 6.28. The molecule has 0 aromatic heterocycles. The quantitative estimate of drug-likeness (QED) is 0.529. The summed E-state index contributed by atoms with van der Waals surface area (Å²) in [4.78, 5) is 0. The van der Waals surface area contributed by atoms with Crippen molar-refractivity contribution >= 4 is 0 Å². The Morgan fingerprint density at radius 2 is 1.35 bits per heavy atom. The molecule has 2 saturated heterocycles. The van der Waals surface area contributed by atoms with Crippen LogP contribution in [0.15, 0.2) is 0 Å². The van der Waals surface area contributed by atoms with Gasteiger partial charge in [0.2, 0.25) is 0 Å². The largest absolute Gasteiger partial charge is 0.376 e. The zero-order valence-electron chi connectivity index (χ0n) is 10.6. The van der Waals surface area contributed by atoms with E-state index in [2.05, 4.69) is 0 Å². The molecule has 2 fully saturated rings. The van der Waals surface area contributed by atoms with Crippen molar-refractivity contribution in [2.75, 3.05) is 39.6 Å². The van der Waals surface area contributed by atoms with Crippen molar-refractivity contribution in [1.29, 1.82) is 0 Å². The summed E-state index contributed by atoms with van der Waals surface area (Å²) in [5, 5.41) is 0. The molecule has 2 rings (SSSR count). The molecule has 0 spiro atoms. The Morgan fingerprint density at radius 3 is 1.71 bits per heavy atom. The Morgan fingerprint density at radius 1 is 0.941 bits per heavy atom. The predicted molar refractivity (Wildman–Crippen MR) is 61.1 cm³/mol. The van der Waals surface area contributed by atoms with Gasteiger partial charge in [0.1, 0.15) is 12.2 Å². The van der Waals surface area contributed by atoms with Crippen LogP contribution in [0.2, 0.25) is 0 Å². The van der Waals surface area contributed by atoms with Crippen LogP contribution in [0, 0.1) is 0 Å². The van der Waals surface area contributed by atoms with Crippen LogP contribution < -0.4 is 0 Å². The number of ether oxygens (including phenoxy) is 5. The first-order chi connectivity index (χ1) is 8.24. The Labute approximate surface area is 102 Å². The second kappa shape index (κ2) is 6.66. The van der Waals surface area contributed by atoms with Gasteiger partial charge in [-0.25, -0.2) is 0 Å². The van der Waals surface area contributed by atoms with Gasteiger partial charge in [-0.15, -0.1) is 0 Å². The highest BCUT2D eigenvalue weighted by Crippen LogP contribution is 2.11. The van der Waals surface area contributed by atoms with Crippen LogP contribution in [-0.2, 0) is 23.7 Å². The predicted octanol–water partition coefficient (Wildman–Crippen LogP) is 0.611. The molecule has 2 aliphatic rings. The molecule has 0 N–H and O–H groups in total. The fourth-order valence-corrected chi connectivity index (χ4v) is 1.37. The van der Waals surface area contributed by atoms with Crippen molar-refractivity contribution in [3.8, 4) is 0 Å². The molecule has 100 valence electrons. The molecular formula is C12H22O5. The smallest absolute Gasteiger partial charge is 0.104 e. The average molecular weight is 246 g/mol. The summed E-state index contributed by atoms with van der Waals surface area (Å²) in [7, 11) is 0. The van der Waals surface area contributed by atoms with E-state index in [0.29, 0.717) is 38.6 Å². The second-order valence-corrected chi connectivity index (χ2v) is 4.74. The maximum atomic E-state index is 5.55. The first kappa shape index (κ1) is 13.2. The molecular weight excluding hydrogens is 224 g/mol. The van der Waals surface area contributed by atoms with Crippen molar-refractivity contribution in [1.82, 2.24) is 0 Å². The third-order valence-corrected chi connectivity index (χ3v) is 2.64. The van der Waals surface area contributed by atoms with E-state index in [1.54, 1.807) is 0 Å².